The molecule has 6 nitrogen and oxygen atoms in total. The van der Waals surface area contributed by atoms with E-state index in [1.165, 1.54) is 32.3 Å². The van der Waals surface area contributed by atoms with Gasteiger partial charge in [-0.05, 0) is 80.2 Å². The monoisotopic (exact) mass is 584 g/mol. The second-order valence-corrected chi connectivity index (χ2v) is 11.9. The highest BCUT2D eigenvalue weighted by Crippen LogP contribution is 2.45. The topological polar surface area (TPSA) is 72.3 Å². The van der Waals surface area contributed by atoms with E-state index in [0.717, 1.165) is 66.0 Å². The average Bonchev–Trinajstić information content (AvgIpc) is 3.64. The molecule has 6 heteroatoms. The predicted molar refractivity (Wildman–Crippen MR) is 186 cm³/mol. The lowest BCUT2D eigenvalue weighted by Crippen LogP contribution is -2.04. The number of rotatable bonds is 2. The molecule has 5 aromatic heterocycles. The molecule has 11 rings (SSSR count). The van der Waals surface area contributed by atoms with Crippen molar-refractivity contribution in [2.75, 3.05) is 0 Å². The lowest BCUT2D eigenvalue weighted by Gasteiger charge is -2.15. The molecule has 0 unspecified atom stereocenters. The largest absolute Gasteiger partial charge is 0.308 e. The van der Waals surface area contributed by atoms with Crippen LogP contribution in [0.15, 0.2) is 122 Å². The van der Waals surface area contributed by atoms with Crippen LogP contribution < -0.4 is 0 Å². The summed E-state index contributed by atoms with van der Waals surface area (Å²) in [6.07, 6.45) is 7.54. The van der Waals surface area contributed by atoms with Gasteiger partial charge in [-0.25, -0.2) is 9.97 Å². The van der Waals surface area contributed by atoms with E-state index in [1.807, 2.05) is 43.0 Å². The van der Waals surface area contributed by atoms with Crippen molar-refractivity contribution >= 4 is 87.0 Å². The van der Waals surface area contributed by atoms with Crippen LogP contribution in [-0.2, 0) is 0 Å². The summed E-state index contributed by atoms with van der Waals surface area (Å²) < 4.78 is 4.33. The second kappa shape index (κ2) is 8.32. The standard InChI is InChI=1S/C40H20N6/c41-20-29-31(45-33-12-3-8-25-24-14-17-42-21-30(24)26-9-4-13-34(45)36(26)35(25)33)10-5-11-32(29)46-39-37-27(15-18-43-39)22-6-1-2-7-23(22)28-16-19-44-40(46)38(28)37/h1-19,21H. The Morgan fingerprint density at radius 1 is 0.457 bits per heavy atom. The summed E-state index contributed by atoms with van der Waals surface area (Å²) in [5.41, 5.74) is 5.84. The maximum absolute atomic E-state index is 11.0. The molecule has 0 radical (unpaired) electrons. The molecule has 0 bridgehead atoms. The van der Waals surface area contributed by atoms with Gasteiger partial charge in [-0.15, -0.1) is 0 Å². The van der Waals surface area contributed by atoms with Gasteiger partial charge in [0.15, 0.2) is 0 Å². The van der Waals surface area contributed by atoms with Crippen LogP contribution in [0.3, 0.4) is 0 Å². The SMILES string of the molecule is N#Cc1c(-n2c3cccc4c5ccncc5c5cccc2c5c43)cccc1-n1c2nccc3c4ccccc4c4ccnc1c4c32. The third-order valence-corrected chi connectivity index (χ3v) is 9.88. The highest BCUT2D eigenvalue weighted by atomic mass is 15.1. The Balaban J connectivity index is 1.30. The quantitative estimate of drug-likeness (QED) is 0.190. The van der Waals surface area contributed by atoms with E-state index >= 15 is 0 Å². The average molecular weight is 585 g/mol. The molecule has 0 saturated carbocycles. The van der Waals surface area contributed by atoms with Crippen molar-refractivity contribution in [1.29, 1.82) is 5.26 Å². The zero-order valence-electron chi connectivity index (χ0n) is 24.2. The smallest absolute Gasteiger partial charge is 0.147 e. The Morgan fingerprint density at radius 2 is 0.957 bits per heavy atom. The molecule has 0 saturated heterocycles. The van der Waals surface area contributed by atoms with Gasteiger partial charge in [0.05, 0.1) is 22.4 Å². The van der Waals surface area contributed by atoms with Gasteiger partial charge < -0.3 is 4.57 Å². The van der Waals surface area contributed by atoms with E-state index in [-0.39, 0.29) is 0 Å². The molecule has 0 aliphatic heterocycles. The Labute approximate surface area is 260 Å². The second-order valence-electron chi connectivity index (χ2n) is 11.9. The number of nitriles is 1. The normalized spacial score (nSPS) is 12.3. The van der Waals surface area contributed by atoms with Gasteiger partial charge in [-0.3, -0.25) is 9.55 Å². The van der Waals surface area contributed by atoms with Crippen LogP contribution in [0.2, 0.25) is 0 Å². The van der Waals surface area contributed by atoms with Crippen LogP contribution in [-0.4, -0.2) is 24.1 Å². The minimum atomic E-state index is 0.561. The third kappa shape index (κ3) is 2.71. The summed E-state index contributed by atoms with van der Waals surface area (Å²) in [5.74, 6) is 0. The molecule has 0 atom stereocenters. The number of pyridine rings is 3. The van der Waals surface area contributed by atoms with Crippen molar-refractivity contribution in [3.05, 3.63) is 127 Å². The fraction of sp³-hybridized carbons (Fsp3) is 0. The first-order valence-electron chi connectivity index (χ1n) is 15.3. The lowest BCUT2D eigenvalue weighted by atomic mass is 9.96. The number of fused-ring (bicyclic) bond motifs is 6. The number of benzene rings is 6. The molecule has 0 aliphatic rings. The minimum absolute atomic E-state index is 0.561. The summed E-state index contributed by atoms with van der Waals surface area (Å²) in [4.78, 5) is 14.3. The van der Waals surface area contributed by atoms with Gasteiger partial charge in [-0.1, -0.05) is 54.6 Å². The number of aromatic nitrogens is 5. The Kier molecular flexibility index (Phi) is 4.31. The zero-order chi connectivity index (χ0) is 30.1. The third-order valence-electron chi connectivity index (χ3n) is 9.88. The van der Waals surface area contributed by atoms with E-state index in [0.29, 0.717) is 5.56 Å². The van der Waals surface area contributed by atoms with Crippen molar-refractivity contribution in [1.82, 2.24) is 24.1 Å². The first-order chi connectivity index (χ1) is 22.8. The number of nitrogens with zero attached hydrogens (tertiary/aromatic N) is 6. The summed E-state index contributed by atoms with van der Waals surface area (Å²) in [6, 6.07) is 36.4. The first-order valence-corrected chi connectivity index (χ1v) is 15.3. The zero-order valence-corrected chi connectivity index (χ0v) is 24.2. The first kappa shape index (κ1) is 23.8. The van der Waals surface area contributed by atoms with Gasteiger partial charge >= 0.3 is 0 Å². The molecule has 5 heterocycles. The van der Waals surface area contributed by atoms with Crippen LogP contribution in [0.1, 0.15) is 5.56 Å². The van der Waals surface area contributed by atoms with E-state index in [2.05, 4.69) is 99.1 Å². The van der Waals surface area contributed by atoms with E-state index in [9.17, 15) is 5.26 Å². The Morgan fingerprint density at radius 3 is 1.59 bits per heavy atom. The molecule has 0 fully saturated rings. The fourth-order valence-electron chi connectivity index (χ4n) is 8.14. The van der Waals surface area contributed by atoms with E-state index in [4.69, 9.17) is 9.97 Å². The lowest BCUT2D eigenvalue weighted by molar-refractivity contribution is 1.08. The Hall–Kier alpha value is -6.58. The fourth-order valence-corrected chi connectivity index (χ4v) is 8.14. The van der Waals surface area contributed by atoms with Gasteiger partial charge in [0, 0.05) is 51.7 Å². The van der Waals surface area contributed by atoms with Crippen LogP contribution in [0.4, 0.5) is 0 Å². The molecular weight excluding hydrogens is 564 g/mol. The molecule has 6 aromatic carbocycles. The van der Waals surface area contributed by atoms with E-state index in [1.54, 1.807) is 0 Å². The molecule has 11 aromatic rings. The molecular formula is C40H20N6. The van der Waals surface area contributed by atoms with Gasteiger partial charge in [0.2, 0.25) is 0 Å². The Bertz CT molecular complexity index is 2730. The molecule has 0 amide bonds. The highest BCUT2D eigenvalue weighted by molar-refractivity contribution is 6.35. The van der Waals surface area contributed by atoms with Crippen molar-refractivity contribution < 1.29 is 0 Å². The molecule has 0 N–H and O–H groups in total. The maximum atomic E-state index is 11.0. The van der Waals surface area contributed by atoms with E-state index < -0.39 is 0 Å². The van der Waals surface area contributed by atoms with Crippen molar-refractivity contribution in [2.45, 2.75) is 0 Å². The summed E-state index contributed by atoms with van der Waals surface area (Å²) in [6.45, 7) is 0. The maximum Gasteiger partial charge on any atom is 0.147 e. The molecule has 210 valence electrons. The highest BCUT2D eigenvalue weighted by Gasteiger charge is 2.25. The molecule has 46 heavy (non-hydrogen) atoms. The van der Waals surface area contributed by atoms with Crippen LogP contribution in [0, 0.1) is 11.3 Å². The van der Waals surface area contributed by atoms with Crippen LogP contribution >= 0.6 is 0 Å². The summed E-state index contributed by atoms with van der Waals surface area (Å²) >= 11 is 0. The van der Waals surface area contributed by atoms with Crippen molar-refractivity contribution in [2.24, 2.45) is 0 Å². The molecule has 0 spiro atoms. The summed E-state index contributed by atoms with van der Waals surface area (Å²) in [5, 5.41) is 24.8. The van der Waals surface area contributed by atoms with Gasteiger partial charge in [-0.2, -0.15) is 5.26 Å². The number of hydrogen-bond acceptors (Lipinski definition) is 4. The van der Waals surface area contributed by atoms with Crippen LogP contribution in [0.25, 0.3) is 98.3 Å². The van der Waals surface area contributed by atoms with Crippen LogP contribution in [0.5, 0.6) is 0 Å². The van der Waals surface area contributed by atoms with Gasteiger partial charge in [0.25, 0.3) is 0 Å². The molecule has 0 aliphatic carbocycles. The van der Waals surface area contributed by atoms with Gasteiger partial charge in [0.1, 0.15) is 22.9 Å². The predicted octanol–water partition coefficient (Wildman–Crippen LogP) is 9.43. The summed E-state index contributed by atoms with van der Waals surface area (Å²) in [7, 11) is 0. The van der Waals surface area contributed by atoms with Crippen molar-refractivity contribution in [3.8, 4) is 17.4 Å². The van der Waals surface area contributed by atoms with Crippen molar-refractivity contribution in [3.63, 3.8) is 0 Å². The minimum Gasteiger partial charge on any atom is -0.308 e. The number of hydrogen-bond donors (Lipinski definition) is 0.